The molecule has 0 radical (unpaired) electrons. The summed E-state index contributed by atoms with van der Waals surface area (Å²) in [5.41, 5.74) is 0. The number of nitrogens with zero attached hydrogens (tertiary/aromatic N) is 3. The number of nitrogens with one attached hydrogen (secondary N) is 1. The Bertz CT molecular complexity index is 724. The van der Waals surface area contributed by atoms with Crippen LogP contribution >= 0.6 is 11.3 Å². The molecule has 1 aliphatic heterocycles. The van der Waals surface area contributed by atoms with Crippen molar-refractivity contribution in [3.63, 3.8) is 0 Å². The van der Waals surface area contributed by atoms with E-state index >= 15 is 0 Å². The Morgan fingerprint density at radius 1 is 1.41 bits per heavy atom. The van der Waals surface area contributed by atoms with Crippen molar-refractivity contribution in [2.24, 2.45) is 0 Å². The number of hydrogen-bond donors (Lipinski definition) is 1. The Morgan fingerprint density at radius 3 is 2.82 bits per heavy atom. The average molecular weight is 340 g/mol. The number of rotatable bonds is 4. The van der Waals surface area contributed by atoms with Crippen molar-refractivity contribution in [2.75, 3.05) is 26.2 Å². The maximum absolute atomic E-state index is 12.8. The minimum Gasteiger partial charge on any atom is -0.347 e. The zero-order chi connectivity index (χ0) is 15.7. The molecule has 1 fully saturated rings. The van der Waals surface area contributed by atoms with Gasteiger partial charge in [0.2, 0.25) is 0 Å². The fourth-order valence-corrected chi connectivity index (χ4v) is 5.66. The highest BCUT2D eigenvalue weighted by Gasteiger charge is 2.35. The monoisotopic (exact) mass is 340 g/mol. The van der Waals surface area contributed by atoms with Crippen LogP contribution in [0.1, 0.15) is 23.7 Å². The van der Waals surface area contributed by atoms with Crippen LogP contribution in [0, 0.1) is 6.92 Å². The number of aromatic nitrogens is 2. The molecule has 0 aliphatic carbocycles. The highest BCUT2D eigenvalue weighted by Crippen LogP contribution is 2.29. The van der Waals surface area contributed by atoms with Gasteiger partial charge in [-0.2, -0.15) is 4.31 Å². The second kappa shape index (κ2) is 6.11. The van der Waals surface area contributed by atoms with Gasteiger partial charge < -0.3 is 4.98 Å². The quantitative estimate of drug-likeness (QED) is 0.922. The van der Waals surface area contributed by atoms with Crippen LogP contribution in [0.2, 0.25) is 0 Å². The molecule has 2 aromatic heterocycles. The standard InChI is InChI=1S/C14H20N4O2S2/c1-3-17-8-9-18(10-12(17)14-15-6-7-16-14)22(19,20)13-5-4-11(2)21-13/h4-7,12H,3,8-10H2,1-2H3,(H,15,16)/t12-/m1/s1. The fraction of sp³-hybridized carbons (Fsp3) is 0.500. The molecule has 1 aliphatic rings. The summed E-state index contributed by atoms with van der Waals surface area (Å²) in [6.45, 7) is 6.54. The molecule has 1 atom stereocenters. The Morgan fingerprint density at radius 2 is 2.23 bits per heavy atom. The van der Waals surface area contributed by atoms with Gasteiger partial charge in [0.15, 0.2) is 0 Å². The lowest BCUT2D eigenvalue weighted by Crippen LogP contribution is -2.50. The van der Waals surface area contributed by atoms with Gasteiger partial charge in [0.25, 0.3) is 10.0 Å². The van der Waals surface area contributed by atoms with Crippen molar-refractivity contribution in [3.05, 3.63) is 35.2 Å². The number of imidazole rings is 1. The van der Waals surface area contributed by atoms with Crippen LogP contribution in [0.4, 0.5) is 0 Å². The number of thiophene rings is 1. The number of hydrogen-bond acceptors (Lipinski definition) is 5. The van der Waals surface area contributed by atoms with Crippen LogP contribution in [0.5, 0.6) is 0 Å². The van der Waals surface area contributed by atoms with Crippen LogP contribution in [0.25, 0.3) is 0 Å². The van der Waals surface area contributed by atoms with Crippen molar-refractivity contribution >= 4 is 21.4 Å². The number of likely N-dealkylation sites (N-methyl/N-ethyl adjacent to an activating group) is 1. The van der Waals surface area contributed by atoms with Crippen LogP contribution in [0.15, 0.2) is 28.7 Å². The van der Waals surface area contributed by atoms with Gasteiger partial charge >= 0.3 is 0 Å². The van der Waals surface area contributed by atoms with E-state index in [9.17, 15) is 8.42 Å². The largest absolute Gasteiger partial charge is 0.347 e. The van der Waals surface area contributed by atoms with Crippen molar-refractivity contribution in [1.82, 2.24) is 19.2 Å². The number of aromatic amines is 1. The Labute approximate surface area is 134 Å². The van der Waals surface area contributed by atoms with Gasteiger partial charge in [-0.05, 0) is 25.6 Å². The summed E-state index contributed by atoms with van der Waals surface area (Å²) in [5, 5.41) is 0. The molecule has 1 saturated heterocycles. The molecule has 0 bridgehead atoms. The SMILES string of the molecule is CCN1CCN(S(=O)(=O)c2ccc(C)s2)C[C@@H]1c1ncc[nH]1. The predicted molar refractivity (Wildman–Crippen MR) is 86.4 cm³/mol. The summed E-state index contributed by atoms with van der Waals surface area (Å²) in [6.07, 6.45) is 3.48. The predicted octanol–water partition coefficient (Wildman–Crippen LogP) is 1.85. The van der Waals surface area contributed by atoms with E-state index < -0.39 is 10.0 Å². The van der Waals surface area contributed by atoms with Gasteiger partial charge in [-0.25, -0.2) is 13.4 Å². The first kappa shape index (κ1) is 15.7. The molecule has 6 nitrogen and oxygen atoms in total. The van der Waals surface area contributed by atoms with Crippen LogP contribution in [-0.2, 0) is 10.0 Å². The van der Waals surface area contributed by atoms with Crippen LogP contribution in [0.3, 0.4) is 0 Å². The van der Waals surface area contributed by atoms with E-state index in [1.165, 1.54) is 11.3 Å². The molecule has 3 rings (SSSR count). The first-order chi connectivity index (χ1) is 10.5. The molecule has 0 saturated carbocycles. The topological polar surface area (TPSA) is 69.3 Å². The molecular weight excluding hydrogens is 320 g/mol. The molecule has 1 N–H and O–H groups in total. The molecule has 0 aromatic carbocycles. The highest BCUT2D eigenvalue weighted by atomic mass is 32.2. The number of H-pyrrole nitrogens is 1. The Hall–Kier alpha value is -1.22. The maximum Gasteiger partial charge on any atom is 0.252 e. The molecule has 3 heterocycles. The molecule has 0 amide bonds. The summed E-state index contributed by atoms with van der Waals surface area (Å²) in [4.78, 5) is 10.7. The third-order valence-electron chi connectivity index (χ3n) is 4.01. The normalized spacial score (nSPS) is 21.3. The average Bonchev–Trinajstić information content (AvgIpc) is 3.18. The van der Waals surface area contributed by atoms with Gasteiger partial charge in [-0.1, -0.05) is 6.92 Å². The lowest BCUT2D eigenvalue weighted by molar-refractivity contribution is 0.119. The molecule has 120 valence electrons. The van der Waals surface area contributed by atoms with Gasteiger partial charge in [0.1, 0.15) is 10.0 Å². The van der Waals surface area contributed by atoms with Crippen LogP contribution < -0.4 is 0 Å². The van der Waals surface area contributed by atoms with Crippen molar-refractivity contribution < 1.29 is 8.42 Å². The maximum atomic E-state index is 12.8. The fourth-order valence-electron chi connectivity index (χ4n) is 2.79. The van der Waals surface area contributed by atoms with Gasteiger partial charge in [-0.3, -0.25) is 4.90 Å². The van der Waals surface area contributed by atoms with Gasteiger partial charge in [0, 0.05) is 36.9 Å². The van der Waals surface area contributed by atoms with E-state index in [-0.39, 0.29) is 6.04 Å². The summed E-state index contributed by atoms with van der Waals surface area (Å²) in [7, 11) is -3.41. The van der Waals surface area contributed by atoms with Crippen molar-refractivity contribution in [3.8, 4) is 0 Å². The molecule has 2 aromatic rings. The number of piperazine rings is 1. The lowest BCUT2D eigenvalue weighted by atomic mass is 10.2. The third-order valence-corrected chi connectivity index (χ3v) is 7.34. The summed E-state index contributed by atoms with van der Waals surface area (Å²) >= 11 is 1.33. The molecular formula is C14H20N4O2S2. The zero-order valence-corrected chi connectivity index (χ0v) is 14.3. The van der Waals surface area contributed by atoms with E-state index in [1.54, 1.807) is 22.8 Å². The first-order valence-corrected chi connectivity index (χ1v) is 9.58. The van der Waals surface area contributed by atoms with E-state index in [1.807, 2.05) is 13.0 Å². The Kier molecular flexibility index (Phi) is 4.35. The van der Waals surface area contributed by atoms with E-state index in [0.717, 1.165) is 17.2 Å². The summed E-state index contributed by atoms with van der Waals surface area (Å²) in [6, 6.07) is 3.53. The third kappa shape index (κ3) is 2.83. The van der Waals surface area contributed by atoms with Gasteiger partial charge in [-0.15, -0.1) is 11.3 Å². The van der Waals surface area contributed by atoms with Crippen molar-refractivity contribution in [2.45, 2.75) is 24.1 Å². The summed E-state index contributed by atoms with van der Waals surface area (Å²) < 4.78 is 27.6. The smallest absolute Gasteiger partial charge is 0.252 e. The minimum atomic E-state index is -3.41. The van der Waals surface area contributed by atoms with E-state index in [2.05, 4.69) is 21.8 Å². The minimum absolute atomic E-state index is 0.0235. The lowest BCUT2D eigenvalue weighted by Gasteiger charge is -2.39. The number of sulfonamides is 1. The Balaban J connectivity index is 1.87. The molecule has 0 unspecified atom stereocenters. The molecule has 0 spiro atoms. The first-order valence-electron chi connectivity index (χ1n) is 7.32. The number of aryl methyl sites for hydroxylation is 1. The zero-order valence-electron chi connectivity index (χ0n) is 12.7. The molecule has 8 heteroatoms. The highest BCUT2D eigenvalue weighted by molar-refractivity contribution is 7.91. The van der Waals surface area contributed by atoms with E-state index in [0.29, 0.717) is 23.8 Å². The summed E-state index contributed by atoms with van der Waals surface area (Å²) in [5.74, 6) is 0.823. The second-order valence-electron chi connectivity index (χ2n) is 5.35. The van der Waals surface area contributed by atoms with E-state index in [4.69, 9.17) is 0 Å². The van der Waals surface area contributed by atoms with Gasteiger partial charge in [0.05, 0.1) is 6.04 Å². The van der Waals surface area contributed by atoms with Crippen molar-refractivity contribution in [1.29, 1.82) is 0 Å². The molecule has 22 heavy (non-hydrogen) atoms. The van der Waals surface area contributed by atoms with Crippen LogP contribution in [-0.4, -0.2) is 53.8 Å². The second-order valence-corrected chi connectivity index (χ2v) is 8.80.